The third kappa shape index (κ3) is 5.22. The largest absolute Gasteiger partial charge is 0.396 e. The molecule has 0 aliphatic carbocycles. The summed E-state index contributed by atoms with van der Waals surface area (Å²) >= 11 is 0. The number of aliphatic hydroxyl groups is 1. The number of hydrogen-bond donors (Lipinski definition) is 2. The highest BCUT2D eigenvalue weighted by molar-refractivity contribution is 4.71. The monoisotopic (exact) mass is 159 g/mol. The third-order valence-electron chi connectivity index (χ3n) is 1.97. The van der Waals surface area contributed by atoms with E-state index in [0.29, 0.717) is 6.04 Å². The molecule has 2 heteroatoms. The average molecular weight is 159 g/mol. The zero-order valence-electron chi connectivity index (χ0n) is 8.15. The first-order valence-corrected chi connectivity index (χ1v) is 4.36. The van der Waals surface area contributed by atoms with E-state index in [9.17, 15) is 0 Å². The summed E-state index contributed by atoms with van der Waals surface area (Å²) in [6.07, 6.45) is 1.14. The van der Waals surface area contributed by atoms with E-state index >= 15 is 0 Å². The Morgan fingerprint density at radius 1 is 1.45 bits per heavy atom. The van der Waals surface area contributed by atoms with E-state index in [-0.39, 0.29) is 12.0 Å². The fourth-order valence-electron chi connectivity index (χ4n) is 0.651. The van der Waals surface area contributed by atoms with Crippen molar-refractivity contribution >= 4 is 0 Å². The molecule has 0 radical (unpaired) electrons. The van der Waals surface area contributed by atoms with Gasteiger partial charge in [-0.15, -0.1) is 0 Å². The van der Waals surface area contributed by atoms with Crippen LogP contribution in [0.3, 0.4) is 0 Å². The van der Waals surface area contributed by atoms with Gasteiger partial charge in [-0.25, -0.2) is 0 Å². The van der Waals surface area contributed by atoms with Crippen LogP contribution in [0.4, 0.5) is 0 Å². The summed E-state index contributed by atoms with van der Waals surface area (Å²) in [4.78, 5) is 0. The molecule has 1 unspecified atom stereocenters. The molecule has 2 N–H and O–H groups in total. The molecule has 0 aliphatic rings. The number of nitrogens with one attached hydrogen (secondary N) is 1. The van der Waals surface area contributed by atoms with Crippen molar-refractivity contribution in [2.45, 2.75) is 40.2 Å². The van der Waals surface area contributed by atoms with Crippen LogP contribution in [0.1, 0.15) is 34.1 Å². The Kier molecular flexibility index (Phi) is 4.69. The molecule has 0 rings (SSSR count). The molecular formula is C9H21NO. The molecule has 0 spiro atoms. The van der Waals surface area contributed by atoms with Crippen LogP contribution in [0.2, 0.25) is 0 Å². The molecule has 0 heterocycles. The molecule has 1 atom stereocenters. The Balaban J connectivity index is 3.52. The molecule has 68 valence electrons. The van der Waals surface area contributed by atoms with E-state index in [0.717, 1.165) is 13.0 Å². The Morgan fingerprint density at radius 3 is 2.36 bits per heavy atom. The predicted molar refractivity (Wildman–Crippen MR) is 48.6 cm³/mol. The number of aliphatic hydroxyl groups excluding tert-OH is 1. The molecule has 0 aromatic heterocycles. The summed E-state index contributed by atoms with van der Waals surface area (Å²) in [6, 6.07) is 0.556. The van der Waals surface area contributed by atoms with E-state index in [1.807, 2.05) is 0 Å². The van der Waals surface area contributed by atoms with E-state index in [1.165, 1.54) is 0 Å². The first-order chi connectivity index (χ1) is 5.02. The van der Waals surface area contributed by atoms with E-state index in [2.05, 4.69) is 33.0 Å². The average Bonchev–Trinajstić information content (AvgIpc) is 2.00. The van der Waals surface area contributed by atoms with Crippen LogP contribution in [-0.2, 0) is 0 Å². The SMILES string of the molecule is CCC(C)NCC(C)(C)CO. The van der Waals surface area contributed by atoms with Gasteiger partial charge in [0.25, 0.3) is 0 Å². The van der Waals surface area contributed by atoms with Crippen molar-refractivity contribution in [3.8, 4) is 0 Å². The first-order valence-electron chi connectivity index (χ1n) is 4.36. The standard InChI is InChI=1S/C9H21NO/c1-5-8(2)10-6-9(3,4)7-11/h8,10-11H,5-7H2,1-4H3. The van der Waals surface area contributed by atoms with Crippen LogP contribution in [-0.4, -0.2) is 24.3 Å². The van der Waals surface area contributed by atoms with Gasteiger partial charge in [-0.05, 0) is 13.3 Å². The molecular weight excluding hydrogens is 138 g/mol. The smallest absolute Gasteiger partial charge is 0.0494 e. The van der Waals surface area contributed by atoms with E-state index in [4.69, 9.17) is 5.11 Å². The van der Waals surface area contributed by atoms with Gasteiger partial charge in [0.05, 0.1) is 0 Å². The van der Waals surface area contributed by atoms with Gasteiger partial charge in [-0.2, -0.15) is 0 Å². The van der Waals surface area contributed by atoms with Gasteiger partial charge < -0.3 is 10.4 Å². The lowest BCUT2D eigenvalue weighted by atomic mass is 9.94. The fourth-order valence-corrected chi connectivity index (χ4v) is 0.651. The van der Waals surface area contributed by atoms with Gasteiger partial charge in [0, 0.05) is 24.6 Å². The van der Waals surface area contributed by atoms with Gasteiger partial charge in [-0.1, -0.05) is 20.8 Å². The summed E-state index contributed by atoms with van der Waals surface area (Å²) in [7, 11) is 0. The van der Waals surface area contributed by atoms with Crippen LogP contribution in [0.15, 0.2) is 0 Å². The maximum absolute atomic E-state index is 8.94. The van der Waals surface area contributed by atoms with Crippen molar-refractivity contribution in [1.82, 2.24) is 5.32 Å². The molecule has 0 amide bonds. The Hall–Kier alpha value is -0.0800. The quantitative estimate of drug-likeness (QED) is 0.635. The Bertz CT molecular complexity index is 102. The molecule has 0 bridgehead atoms. The first kappa shape index (κ1) is 10.9. The van der Waals surface area contributed by atoms with Crippen molar-refractivity contribution < 1.29 is 5.11 Å². The number of rotatable bonds is 5. The second-order valence-corrected chi connectivity index (χ2v) is 4.01. The minimum atomic E-state index is 0.0173. The van der Waals surface area contributed by atoms with Crippen LogP contribution in [0, 0.1) is 5.41 Å². The fraction of sp³-hybridized carbons (Fsp3) is 1.00. The lowest BCUT2D eigenvalue weighted by molar-refractivity contribution is 0.153. The van der Waals surface area contributed by atoms with Gasteiger partial charge >= 0.3 is 0 Å². The zero-order chi connectivity index (χ0) is 8.91. The maximum atomic E-state index is 8.94. The zero-order valence-corrected chi connectivity index (χ0v) is 8.15. The van der Waals surface area contributed by atoms with Gasteiger partial charge in [-0.3, -0.25) is 0 Å². The van der Waals surface area contributed by atoms with Crippen LogP contribution >= 0.6 is 0 Å². The molecule has 0 saturated carbocycles. The van der Waals surface area contributed by atoms with Gasteiger partial charge in [0.2, 0.25) is 0 Å². The lowest BCUT2D eigenvalue weighted by Crippen LogP contribution is -2.36. The highest BCUT2D eigenvalue weighted by atomic mass is 16.3. The normalized spacial score (nSPS) is 15.0. The van der Waals surface area contributed by atoms with E-state index < -0.39 is 0 Å². The molecule has 0 saturated heterocycles. The second kappa shape index (κ2) is 4.73. The third-order valence-corrected chi connectivity index (χ3v) is 1.97. The van der Waals surface area contributed by atoms with E-state index in [1.54, 1.807) is 0 Å². The van der Waals surface area contributed by atoms with Crippen molar-refractivity contribution in [1.29, 1.82) is 0 Å². The van der Waals surface area contributed by atoms with Crippen molar-refractivity contribution in [2.75, 3.05) is 13.2 Å². The highest BCUT2D eigenvalue weighted by Crippen LogP contribution is 2.11. The molecule has 0 fully saturated rings. The minimum Gasteiger partial charge on any atom is -0.396 e. The molecule has 11 heavy (non-hydrogen) atoms. The molecule has 2 nitrogen and oxygen atoms in total. The summed E-state index contributed by atoms with van der Waals surface area (Å²) in [5, 5.41) is 12.3. The number of hydrogen-bond acceptors (Lipinski definition) is 2. The molecule has 0 aromatic rings. The second-order valence-electron chi connectivity index (χ2n) is 4.01. The highest BCUT2D eigenvalue weighted by Gasteiger charge is 2.16. The summed E-state index contributed by atoms with van der Waals surface area (Å²) in [6.45, 7) is 9.57. The van der Waals surface area contributed by atoms with Crippen LogP contribution < -0.4 is 5.32 Å². The maximum Gasteiger partial charge on any atom is 0.0494 e. The summed E-state index contributed by atoms with van der Waals surface area (Å²) in [5.74, 6) is 0. The van der Waals surface area contributed by atoms with Gasteiger partial charge in [0.1, 0.15) is 0 Å². The Morgan fingerprint density at radius 2 is 2.00 bits per heavy atom. The van der Waals surface area contributed by atoms with Gasteiger partial charge in [0.15, 0.2) is 0 Å². The Labute approximate surface area is 70.0 Å². The lowest BCUT2D eigenvalue weighted by Gasteiger charge is -2.24. The summed E-state index contributed by atoms with van der Waals surface area (Å²) in [5.41, 5.74) is 0.0173. The predicted octanol–water partition coefficient (Wildman–Crippen LogP) is 1.39. The molecule has 0 aromatic carbocycles. The van der Waals surface area contributed by atoms with Crippen molar-refractivity contribution in [3.63, 3.8) is 0 Å². The topological polar surface area (TPSA) is 32.3 Å². The van der Waals surface area contributed by atoms with Crippen LogP contribution in [0.5, 0.6) is 0 Å². The van der Waals surface area contributed by atoms with Crippen LogP contribution in [0.25, 0.3) is 0 Å². The van der Waals surface area contributed by atoms with Crippen molar-refractivity contribution in [3.05, 3.63) is 0 Å². The molecule has 0 aliphatic heterocycles. The minimum absolute atomic E-state index is 0.0173. The summed E-state index contributed by atoms with van der Waals surface area (Å²) < 4.78 is 0. The van der Waals surface area contributed by atoms with Crippen molar-refractivity contribution in [2.24, 2.45) is 5.41 Å².